The van der Waals surface area contributed by atoms with E-state index in [1.54, 1.807) is 17.1 Å². The van der Waals surface area contributed by atoms with Crippen LogP contribution in [-0.4, -0.2) is 31.7 Å². The Hall–Kier alpha value is -2.52. The number of amides is 1. The number of ether oxygens (including phenoxy) is 1. The van der Waals surface area contributed by atoms with Crippen LogP contribution in [-0.2, 0) is 24.8 Å². The molecule has 1 aliphatic heterocycles. The SMILES string of the molecule is Cn1cc(-c2nsc(NC(=O)c3occ4c3CCOC4)n2)cn1. The van der Waals surface area contributed by atoms with Gasteiger partial charge in [-0.05, 0) is 0 Å². The molecule has 9 heteroatoms. The molecule has 3 aromatic rings. The molecule has 0 fully saturated rings. The minimum atomic E-state index is -0.318. The van der Waals surface area contributed by atoms with E-state index in [1.807, 2.05) is 13.2 Å². The molecule has 0 radical (unpaired) electrons. The smallest absolute Gasteiger partial charge is 0.293 e. The van der Waals surface area contributed by atoms with E-state index in [0.717, 1.165) is 28.2 Å². The molecule has 4 rings (SSSR count). The van der Waals surface area contributed by atoms with E-state index in [0.29, 0.717) is 36.4 Å². The highest BCUT2D eigenvalue weighted by Crippen LogP contribution is 2.25. The molecule has 0 bridgehead atoms. The normalized spacial score (nSPS) is 13.8. The molecule has 0 saturated heterocycles. The Bertz CT molecular complexity index is 866. The summed E-state index contributed by atoms with van der Waals surface area (Å²) in [5.74, 6) is 0.539. The standard InChI is InChI=1S/C14H13N5O3S/c1-19-5-8(4-15-19)12-16-14(23-18-12)17-13(20)11-10-2-3-21-6-9(10)7-22-11/h4-5,7H,2-3,6H2,1H3,(H,16,17,18,20). The van der Waals surface area contributed by atoms with Crippen LogP contribution in [0.1, 0.15) is 21.7 Å². The van der Waals surface area contributed by atoms with Crippen molar-refractivity contribution in [3.8, 4) is 11.4 Å². The quantitative estimate of drug-likeness (QED) is 0.787. The van der Waals surface area contributed by atoms with Gasteiger partial charge in [0, 0.05) is 42.3 Å². The zero-order valence-electron chi connectivity index (χ0n) is 12.3. The van der Waals surface area contributed by atoms with Gasteiger partial charge in [-0.3, -0.25) is 14.8 Å². The molecule has 8 nitrogen and oxygen atoms in total. The molecule has 1 aliphatic rings. The number of aromatic nitrogens is 4. The van der Waals surface area contributed by atoms with Gasteiger partial charge in [0.1, 0.15) is 0 Å². The third-order valence-corrected chi connectivity index (χ3v) is 4.18. The number of fused-ring (bicyclic) bond motifs is 1. The Kier molecular flexibility index (Phi) is 3.43. The summed E-state index contributed by atoms with van der Waals surface area (Å²) in [5, 5.41) is 7.24. The van der Waals surface area contributed by atoms with Gasteiger partial charge in [-0.2, -0.15) is 14.5 Å². The van der Waals surface area contributed by atoms with Crippen LogP contribution in [0.5, 0.6) is 0 Å². The highest BCUT2D eigenvalue weighted by Gasteiger charge is 2.23. The number of nitrogens with zero attached hydrogens (tertiary/aromatic N) is 4. The van der Waals surface area contributed by atoms with Crippen molar-refractivity contribution in [2.75, 3.05) is 11.9 Å². The molecule has 23 heavy (non-hydrogen) atoms. The van der Waals surface area contributed by atoms with Gasteiger partial charge in [-0.1, -0.05) is 0 Å². The molecule has 0 unspecified atom stereocenters. The molecular formula is C14H13N5O3S. The number of rotatable bonds is 3. The van der Waals surface area contributed by atoms with Crippen molar-refractivity contribution in [1.29, 1.82) is 0 Å². The molecule has 118 valence electrons. The first-order valence-corrected chi connectivity index (χ1v) is 7.79. The van der Waals surface area contributed by atoms with Crippen LogP contribution >= 0.6 is 11.5 Å². The van der Waals surface area contributed by atoms with E-state index in [4.69, 9.17) is 9.15 Å². The highest BCUT2D eigenvalue weighted by atomic mass is 32.1. The molecule has 4 heterocycles. The number of aryl methyl sites for hydroxylation is 1. The number of carbonyl (C=O) groups is 1. The van der Waals surface area contributed by atoms with Crippen LogP contribution in [0.15, 0.2) is 23.1 Å². The molecule has 0 spiro atoms. The lowest BCUT2D eigenvalue weighted by atomic mass is 10.1. The molecule has 3 aromatic heterocycles. The van der Waals surface area contributed by atoms with Gasteiger partial charge in [0.2, 0.25) is 5.13 Å². The minimum Gasteiger partial charge on any atom is -0.458 e. The van der Waals surface area contributed by atoms with Crippen molar-refractivity contribution in [1.82, 2.24) is 19.1 Å². The molecule has 1 amide bonds. The summed E-state index contributed by atoms with van der Waals surface area (Å²) in [6.07, 6.45) is 5.74. The number of hydrogen-bond acceptors (Lipinski definition) is 7. The van der Waals surface area contributed by atoms with E-state index in [-0.39, 0.29) is 5.91 Å². The Balaban J connectivity index is 1.53. The average Bonchev–Trinajstić information content (AvgIpc) is 3.25. The van der Waals surface area contributed by atoms with Gasteiger partial charge in [-0.15, -0.1) is 0 Å². The predicted octanol–water partition coefficient (Wildman–Crippen LogP) is 1.86. The second-order valence-electron chi connectivity index (χ2n) is 5.15. The first kappa shape index (κ1) is 14.1. The Labute approximate surface area is 135 Å². The third-order valence-electron chi connectivity index (χ3n) is 3.55. The van der Waals surface area contributed by atoms with Crippen LogP contribution in [0.3, 0.4) is 0 Å². The molecule has 0 saturated carbocycles. The van der Waals surface area contributed by atoms with Crippen molar-refractivity contribution < 1.29 is 13.9 Å². The van der Waals surface area contributed by atoms with Crippen molar-refractivity contribution >= 4 is 22.6 Å². The predicted molar refractivity (Wildman–Crippen MR) is 82.1 cm³/mol. The summed E-state index contributed by atoms with van der Waals surface area (Å²) >= 11 is 1.12. The lowest BCUT2D eigenvalue weighted by Gasteiger charge is -2.11. The van der Waals surface area contributed by atoms with Crippen LogP contribution < -0.4 is 5.32 Å². The van der Waals surface area contributed by atoms with Gasteiger partial charge in [0.15, 0.2) is 11.6 Å². The molecular weight excluding hydrogens is 318 g/mol. The van der Waals surface area contributed by atoms with E-state index in [2.05, 4.69) is 19.8 Å². The first-order valence-electron chi connectivity index (χ1n) is 7.02. The Morgan fingerprint density at radius 1 is 1.48 bits per heavy atom. The topological polar surface area (TPSA) is 95.1 Å². The number of nitrogens with one attached hydrogen (secondary N) is 1. The fraction of sp³-hybridized carbons (Fsp3) is 0.286. The maximum absolute atomic E-state index is 12.4. The first-order chi connectivity index (χ1) is 11.2. The zero-order chi connectivity index (χ0) is 15.8. The second kappa shape index (κ2) is 5.60. The molecule has 1 N–H and O–H groups in total. The Morgan fingerprint density at radius 3 is 3.22 bits per heavy atom. The van der Waals surface area contributed by atoms with Gasteiger partial charge >= 0.3 is 0 Å². The summed E-state index contributed by atoms with van der Waals surface area (Å²) < 4.78 is 16.6. The number of hydrogen-bond donors (Lipinski definition) is 1. The summed E-state index contributed by atoms with van der Waals surface area (Å²) in [7, 11) is 1.82. The molecule has 0 atom stereocenters. The van der Waals surface area contributed by atoms with Crippen molar-refractivity contribution in [2.24, 2.45) is 7.05 Å². The fourth-order valence-corrected chi connectivity index (χ4v) is 3.03. The number of anilines is 1. The zero-order valence-corrected chi connectivity index (χ0v) is 13.1. The molecule has 0 aliphatic carbocycles. The lowest BCUT2D eigenvalue weighted by Crippen LogP contribution is -2.16. The van der Waals surface area contributed by atoms with Crippen molar-refractivity contribution in [2.45, 2.75) is 13.0 Å². The van der Waals surface area contributed by atoms with Crippen LogP contribution in [0.25, 0.3) is 11.4 Å². The monoisotopic (exact) mass is 331 g/mol. The van der Waals surface area contributed by atoms with E-state index >= 15 is 0 Å². The maximum atomic E-state index is 12.4. The van der Waals surface area contributed by atoms with Gasteiger partial charge < -0.3 is 9.15 Å². The van der Waals surface area contributed by atoms with Crippen molar-refractivity contribution in [3.63, 3.8) is 0 Å². The van der Waals surface area contributed by atoms with Crippen molar-refractivity contribution in [3.05, 3.63) is 35.5 Å². The third kappa shape index (κ3) is 2.64. The Morgan fingerprint density at radius 2 is 2.39 bits per heavy atom. The summed E-state index contributed by atoms with van der Waals surface area (Å²) in [6, 6.07) is 0. The van der Waals surface area contributed by atoms with Crippen LogP contribution in [0, 0.1) is 0 Å². The molecule has 0 aromatic carbocycles. The summed E-state index contributed by atoms with van der Waals surface area (Å²) in [6.45, 7) is 1.08. The summed E-state index contributed by atoms with van der Waals surface area (Å²) in [4.78, 5) is 16.7. The highest BCUT2D eigenvalue weighted by molar-refractivity contribution is 7.10. The van der Waals surface area contributed by atoms with Gasteiger partial charge in [0.25, 0.3) is 5.91 Å². The maximum Gasteiger partial charge on any atom is 0.293 e. The number of carbonyl (C=O) groups excluding carboxylic acids is 1. The lowest BCUT2D eigenvalue weighted by molar-refractivity contribution is 0.0988. The largest absolute Gasteiger partial charge is 0.458 e. The van der Waals surface area contributed by atoms with E-state index < -0.39 is 0 Å². The second-order valence-corrected chi connectivity index (χ2v) is 5.90. The van der Waals surface area contributed by atoms with E-state index in [9.17, 15) is 4.79 Å². The average molecular weight is 331 g/mol. The van der Waals surface area contributed by atoms with E-state index in [1.165, 1.54) is 0 Å². The van der Waals surface area contributed by atoms with Crippen LogP contribution in [0.2, 0.25) is 0 Å². The summed E-state index contributed by atoms with van der Waals surface area (Å²) in [5.41, 5.74) is 2.64. The van der Waals surface area contributed by atoms with Gasteiger partial charge in [0.05, 0.1) is 31.2 Å². The fourth-order valence-electron chi connectivity index (χ4n) is 2.44. The van der Waals surface area contributed by atoms with Gasteiger partial charge in [-0.25, -0.2) is 0 Å². The number of furan rings is 1. The minimum absolute atomic E-state index is 0.318. The van der Waals surface area contributed by atoms with Crippen LogP contribution in [0.4, 0.5) is 5.13 Å².